The van der Waals surface area contributed by atoms with Gasteiger partial charge in [-0.2, -0.15) is 0 Å². The maximum Gasteiger partial charge on any atom is 0.314 e. The lowest BCUT2D eigenvalue weighted by Crippen LogP contribution is -2.25. The van der Waals surface area contributed by atoms with Crippen LogP contribution in [0.4, 0.5) is 0 Å². The third kappa shape index (κ3) is 6.99. The number of rotatable bonds is 3. The molecule has 74 valence electrons. The van der Waals surface area contributed by atoms with Gasteiger partial charge in [0.25, 0.3) is 0 Å². The Labute approximate surface area is 76.4 Å². The molecule has 0 heterocycles. The van der Waals surface area contributed by atoms with E-state index in [1.54, 1.807) is 20.8 Å². The summed E-state index contributed by atoms with van der Waals surface area (Å²) >= 11 is 0. The van der Waals surface area contributed by atoms with Gasteiger partial charge in [-0.25, -0.2) is 0 Å². The zero-order valence-electron chi connectivity index (χ0n) is 7.90. The van der Waals surface area contributed by atoms with Crippen molar-refractivity contribution in [1.29, 1.82) is 0 Å². The van der Waals surface area contributed by atoms with E-state index in [1.807, 2.05) is 0 Å². The number of hydrogen-bond acceptors (Lipinski definition) is 5. The largest absolute Gasteiger partial charge is 0.460 e. The summed E-state index contributed by atoms with van der Waals surface area (Å²) in [5.41, 5.74) is -0.603. The summed E-state index contributed by atoms with van der Waals surface area (Å²) in [7, 11) is 0. The summed E-state index contributed by atoms with van der Waals surface area (Å²) in [6, 6.07) is 0. The van der Waals surface area contributed by atoms with Crippen LogP contribution in [-0.2, 0) is 14.3 Å². The fraction of sp³-hybridized carbons (Fsp3) is 0.625. The molecule has 0 saturated carbocycles. The van der Waals surface area contributed by atoms with Gasteiger partial charge < -0.3 is 9.94 Å². The van der Waals surface area contributed by atoms with Crippen LogP contribution < -0.4 is 0 Å². The summed E-state index contributed by atoms with van der Waals surface area (Å²) in [5, 5.41) is 10.5. The molecule has 0 amide bonds. The number of Topliss-reactive ketones (excluding diaryl/α,β-unsaturated/α-hetero) is 1. The van der Waals surface area contributed by atoms with Crippen LogP contribution in [0.1, 0.15) is 27.2 Å². The van der Waals surface area contributed by atoms with E-state index in [0.29, 0.717) is 6.21 Å². The predicted octanol–water partition coefficient (Wildman–Crippen LogP) is 0.747. The van der Waals surface area contributed by atoms with E-state index in [1.165, 1.54) is 0 Å². The van der Waals surface area contributed by atoms with E-state index in [2.05, 4.69) is 5.16 Å². The summed E-state index contributed by atoms with van der Waals surface area (Å²) in [5.74, 6) is -1.21. The Kier molecular flexibility index (Phi) is 4.10. The highest BCUT2D eigenvalue weighted by atomic mass is 16.6. The van der Waals surface area contributed by atoms with Crippen LogP contribution in [0.2, 0.25) is 0 Å². The van der Waals surface area contributed by atoms with Gasteiger partial charge >= 0.3 is 5.97 Å². The highest BCUT2D eigenvalue weighted by Crippen LogP contribution is 2.07. The van der Waals surface area contributed by atoms with E-state index in [4.69, 9.17) is 9.94 Å². The van der Waals surface area contributed by atoms with Gasteiger partial charge in [-0.3, -0.25) is 9.59 Å². The van der Waals surface area contributed by atoms with Crippen molar-refractivity contribution in [1.82, 2.24) is 0 Å². The van der Waals surface area contributed by atoms with Gasteiger partial charge in [0.1, 0.15) is 18.2 Å². The number of esters is 1. The fourth-order valence-electron chi connectivity index (χ4n) is 0.630. The van der Waals surface area contributed by atoms with E-state index in [0.717, 1.165) is 0 Å². The Morgan fingerprint density at radius 2 is 2.00 bits per heavy atom. The summed E-state index contributed by atoms with van der Waals surface area (Å²) in [6.07, 6.45) is 0.269. The second kappa shape index (κ2) is 4.59. The van der Waals surface area contributed by atoms with Crippen molar-refractivity contribution in [2.24, 2.45) is 5.16 Å². The molecule has 0 unspecified atom stereocenters. The average Bonchev–Trinajstić information content (AvgIpc) is 1.81. The van der Waals surface area contributed by atoms with Crippen LogP contribution in [0.25, 0.3) is 0 Å². The first-order valence-corrected chi connectivity index (χ1v) is 3.77. The Morgan fingerprint density at radius 1 is 1.46 bits per heavy atom. The monoisotopic (exact) mass is 187 g/mol. The minimum atomic E-state index is -0.627. The van der Waals surface area contributed by atoms with E-state index in [9.17, 15) is 9.59 Å². The van der Waals surface area contributed by atoms with Crippen molar-refractivity contribution < 1.29 is 19.5 Å². The molecule has 13 heavy (non-hydrogen) atoms. The SMILES string of the molecule is CC(C)(C)OC(=O)CC(=O)/C=N\O. The maximum atomic E-state index is 11.0. The van der Waals surface area contributed by atoms with E-state index < -0.39 is 23.8 Å². The Morgan fingerprint density at radius 3 is 2.38 bits per heavy atom. The first-order valence-electron chi connectivity index (χ1n) is 3.77. The number of carbonyl (C=O) groups excluding carboxylic acids is 2. The molecule has 5 nitrogen and oxygen atoms in total. The molecule has 0 aromatic carbocycles. The number of oxime groups is 1. The van der Waals surface area contributed by atoms with Crippen molar-refractivity contribution in [3.8, 4) is 0 Å². The predicted molar refractivity (Wildman–Crippen MR) is 45.7 cm³/mol. The normalized spacial score (nSPS) is 11.6. The lowest BCUT2D eigenvalue weighted by atomic mass is 10.2. The molecule has 0 spiro atoms. The molecule has 0 fully saturated rings. The van der Waals surface area contributed by atoms with E-state index >= 15 is 0 Å². The first-order chi connectivity index (χ1) is 5.85. The highest BCUT2D eigenvalue weighted by Gasteiger charge is 2.17. The molecule has 0 atom stereocenters. The van der Waals surface area contributed by atoms with Gasteiger partial charge in [0.05, 0.1) is 0 Å². The Bertz CT molecular complexity index is 227. The summed E-state index contributed by atoms with van der Waals surface area (Å²) in [6.45, 7) is 5.11. The molecule has 0 rings (SSSR count). The van der Waals surface area contributed by atoms with Crippen LogP contribution in [0, 0.1) is 0 Å². The van der Waals surface area contributed by atoms with Crippen LogP contribution in [0.5, 0.6) is 0 Å². The first kappa shape index (κ1) is 11.6. The van der Waals surface area contributed by atoms with Gasteiger partial charge in [0, 0.05) is 0 Å². The molecule has 0 saturated heterocycles. The molecule has 0 radical (unpaired) electrons. The second-order valence-corrected chi connectivity index (χ2v) is 3.47. The lowest BCUT2D eigenvalue weighted by Gasteiger charge is -2.18. The summed E-state index contributed by atoms with van der Waals surface area (Å²) in [4.78, 5) is 21.7. The molecule has 1 N–H and O–H groups in total. The molecule has 0 aliphatic heterocycles. The molecule has 0 aliphatic carbocycles. The minimum absolute atomic E-state index is 0.401. The Balaban J connectivity index is 3.96. The van der Waals surface area contributed by atoms with Crippen LogP contribution in [-0.4, -0.2) is 28.8 Å². The average molecular weight is 187 g/mol. The molecular weight excluding hydrogens is 174 g/mol. The van der Waals surface area contributed by atoms with Crippen molar-refractivity contribution in [2.45, 2.75) is 32.8 Å². The number of nitrogens with zero attached hydrogens (tertiary/aromatic N) is 1. The number of ketones is 1. The van der Waals surface area contributed by atoms with Gasteiger partial charge in [0.2, 0.25) is 0 Å². The lowest BCUT2D eigenvalue weighted by molar-refractivity contribution is -0.155. The molecule has 0 bridgehead atoms. The van der Waals surface area contributed by atoms with Crippen molar-refractivity contribution in [2.75, 3.05) is 0 Å². The molecular formula is C8H13NO4. The standard InChI is InChI=1S/C8H13NO4/c1-8(2,3)13-7(11)4-6(10)5-9-12/h5,12H,4H2,1-3H3/b9-5-. The highest BCUT2D eigenvalue weighted by molar-refractivity contribution is 6.31. The number of ether oxygens (including phenoxy) is 1. The van der Waals surface area contributed by atoms with E-state index in [-0.39, 0.29) is 0 Å². The zero-order chi connectivity index (χ0) is 10.5. The molecule has 5 heteroatoms. The van der Waals surface area contributed by atoms with Gasteiger partial charge in [-0.15, -0.1) is 0 Å². The third-order valence-electron chi connectivity index (χ3n) is 0.940. The maximum absolute atomic E-state index is 11.0. The van der Waals surface area contributed by atoms with Gasteiger partial charge in [-0.1, -0.05) is 5.16 Å². The van der Waals surface area contributed by atoms with Gasteiger partial charge in [-0.05, 0) is 20.8 Å². The smallest absolute Gasteiger partial charge is 0.314 e. The van der Waals surface area contributed by atoms with Crippen LogP contribution in [0.3, 0.4) is 0 Å². The van der Waals surface area contributed by atoms with Crippen molar-refractivity contribution >= 4 is 18.0 Å². The van der Waals surface area contributed by atoms with Crippen LogP contribution >= 0.6 is 0 Å². The number of hydrogen-bond donors (Lipinski definition) is 1. The molecule has 0 aliphatic rings. The topological polar surface area (TPSA) is 76.0 Å². The minimum Gasteiger partial charge on any atom is -0.460 e. The van der Waals surface area contributed by atoms with Gasteiger partial charge in [0.15, 0.2) is 5.78 Å². The fourth-order valence-corrected chi connectivity index (χ4v) is 0.630. The Hall–Kier alpha value is -1.39. The molecule has 0 aromatic heterocycles. The van der Waals surface area contributed by atoms with Crippen LogP contribution in [0.15, 0.2) is 5.16 Å². The summed E-state index contributed by atoms with van der Waals surface area (Å²) < 4.78 is 4.85. The molecule has 0 aromatic rings. The quantitative estimate of drug-likeness (QED) is 0.232. The van der Waals surface area contributed by atoms with Crippen molar-refractivity contribution in [3.05, 3.63) is 0 Å². The number of carbonyl (C=O) groups is 2. The third-order valence-corrected chi connectivity index (χ3v) is 0.940. The second-order valence-electron chi connectivity index (χ2n) is 3.47. The zero-order valence-corrected chi connectivity index (χ0v) is 7.90. The van der Waals surface area contributed by atoms with Crippen molar-refractivity contribution in [3.63, 3.8) is 0 Å².